The molecule has 0 saturated heterocycles. The van der Waals surface area contributed by atoms with Gasteiger partial charge in [0, 0.05) is 19.8 Å². The number of fused-ring (bicyclic) bond motifs is 1. The molecule has 1 aromatic rings. The van der Waals surface area contributed by atoms with Crippen LogP contribution in [0.1, 0.15) is 10.4 Å². The monoisotopic (exact) mass is 300 g/mol. The summed E-state index contributed by atoms with van der Waals surface area (Å²) in [6.45, 7) is 0.108. The molecule has 0 radical (unpaired) electrons. The van der Waals surface area contributed by atoms with E-state index < -0.39 is 27.3 Å². The molecule has 0 fully saturated rings. The minimum absolute atomic E-state index is 0.00670. The predicted molar refractivity (Wildman–Crippen MR) is 72.3 cm³/mol. The molecule has 0 aromatic heterocycles. The van der Waals surface area contributed by atoms with E-state index in [0.29, 0.717) is 0 Å². The van der Waals surface area contributed by atoms with E-state index in [1.165, 1.54) is 18.0 Å². The molecule has 0 saturated carbocycles. The van der Waals surface area contributed by atoms with E-state index in [1.54, 1.807) is 0 Å². The standard InChI is InChI=1S/C12H13FN2O4S/c1-15(3-4-20(2,18)19)10-6-9-7(5-8(10)13)11(16)12(17)14-9/h5-6H,3-4H2,1-2H3,(H,14,16,17). The molecule has 6 nitrogen and oxygen atoms in total. The number of sulfone groups is 1. The Labute approximate surface area is 115 Å². The fourth-order valence-electron chi connectivity index (χ4n) is 1.87. The number of carbonyl (C=O) groups is 2. The Morgan fingerprint density at radius 3 is 2.55 bits per heavy atom. The van der Waals surface area contributed by atoms with Crippen molar-refractivity contribution in [1.82, 2.24) is 0 Å². The van der Waals surface area contributed by atoms with Crippen LogP contribution in [0.15, 0.2) is 12.1 Å². The van der Waals surface area contributed by atoms with Crippen molar-refractivity contribution in [2.75, 3.05) is 35.8 Å². The van der Waals surface area contributed by atoms with Crippen molar-refractivity contribution in [2.45, 2.75) is 0 Å². The third-order valence-electron chi connectivity index (χ3n) is 2.99. The number of halogens is 1. The molecule has 0 unspecified atom stereocenters. The third kappa shape index (κ3) is 2.79. The van der Waals surface area contributed by atoms with Crippen LogP contribution in [0.2, 0.25) is 0 Å². The summed E-state index contributed by atoms with van der Waals surface area (Å²) in [5.41, 5.74) is 0.359. The van der Waals surface area contributed by atoms with Crippen LogP contribution in [0.4, 0.5) is 15.8 Å². The summed E-state index contributed by atoms with van der Waals surface area (Å²) < 4.78 is 36.1. The second kappa shape index (κ2) is 4.86. The van der Waals surface area contributed by atoms with Gasteiger partial charge in [-0.05, 0) is 12.1 Å². The van der Waals surface area contributed by atoms with E-state index in [1.807, 2.05) is 0 Å². The van der Waals surface area contributed by atoms with Gasteiger partial charge < -0.3 is 10.2 Å². The zero-order chi connectivity index (χ0) is 15.1. The fourth-order valence-corrected chi connectivity index (χ4v) is 2.48. The molecule has 1 aromatic carbocycles. The number of benzene rings is 1. The normalized spacial score (nSPS) is 14.2. The molecule has 0 atom stereocenters. The largest absolute Gasteiger partial charge is 0.371 e. The SMILES string of the molecule is CN(CCS(C)(=O)=O)c1cc2c(cc1F)C(=O)C(=O)N2. The Balaban J connectivity index is 2.28. The lowest BCUT2D eigenvalue weighted by Gasteiger charge is -2.20. The molecule has 1 aliphatic heterocycles. The number of nitrogens with one attached hydrogen (secondary N) is 1. The third-order valence-corrected chi connectivity index (χ3v) is 3.92. The summed E-state index contributed by atoms with van der Waals surface area (Å²) in [6, 6.07) is 2.32. The Bertz CT molecular complexity index is 700. The zero-order valence-corrected chi connectivity index (χ0v) is 11.8. The summed E-state index contributed by atoms with van der Waals surface area (Å²) in [5, 5.41) is 2.34. The molecule has 20 heavy (non-hydrogen) atoms. The predicted octanol–water partition coefficient (Wildman–Crippen LogP) is 0.441. The average molecular weight is 300 g/mol. The van der Waals surface area contributed by atoms with E-state index in [-0.39, 0.29) is 29.2 Å². The van der Waals surface area contributed by atoms with Crippen molar-refractivity contribution in [3.05, 3.63) is 23.5 Å². The molecule has 1 aliphatic rings. The maximum atomic E-state index is 13.9. The molecule has 1 N–H and O–H groups in total. The second-order valence-corrected chi connectivity index (χ2v) is 6.94. The topological polar surface area (TPSA) is 83.6 Å². The van der Waals surface area contributed by atoms with Gasteiger partial charge in [-0.15, -0.1) is 0 Å². The van der Waals surface area contributed by atoms with Gasteiger partial charge in [0.05, 0.1) is 22.7 Å². The first kappa shape index (κ1) is 14.4. The Hall–Kier alpha value is -1.96. The average Bonchev–Trinajstić information content (AvgIpc) is 2.61. The van der Waals surface area contributed by atoms with Gasteiger partial charge in [0.25, 0.3) is 11.7 Å². The van der Waals surface area contributed by atoms with Gasteiger partial charge in [-0.25, -0.2) is 12.8 Å². The lowest BCUT2D eigenvalue weighted by atomic mass is 10.1. The highest BCUT2D eigenvalue weighted by Gasteiger charge is 2.30. The highest BCUT2D eigenvalue weighted by atomic mass is 32.2. The van der Waals surface area contributed by atoms with Gasteiger partial charge in [-0.3, -0.25) is 9.59 Å². The van der Waals surface area contributed by atoms with Crippen LogP contribution in [-0.4, -0.2) is 45.7 Å². The van der Waals surface area contributed by atoms with Crippen LogP contribution in [0.5, 0.6) is 0 Å². The number of Topliss-reactive ketones (excluding diaryl/α,β-unsaturated/α-hetero) is 1. The summed E-state index contributed by atoms with van der Waals surface area (Å²) in [4.78, 5) is 24.0. The van der Waals surface area contributed by atoms with Crippen molar-refractivity contribution >= 4 is 32.9 Å². The van der Waals surface area contributed by atoms with E-state index >= 15 is 0 Å². The maximum Gasteiger partial charge on any atom is 0.296 e. The molecule has 1 heterocycles. The van der Waals surface area contributed by atoms with Gasteiger partial charge in [-0.1, -0.05) is 0 Å². The Morgan fingerprint density at radius 2 is 1.95 bits per heavy atom. The van der Waals surface area contributed by atoms with Crippen LogP contribution in [0.3, 0.4) is 0 Å². The number of ketones is 1. The second-order valence-electron chi connectivity index (χ2n) is 4.68. The van der Waals surface area contributed by atoms with Crippen molar-refractivity contribution in [2.24, 2.45) is 0 Å². The summed E-state index contributed by atoms with van der Waals surface area (Å²) in [7, 11) is -1.62. The lowest BCUT2D eigenvalue weighted by molar-refractivity contribution is -0.112. The number of hydrogen-bond acceptors (Lipinski definition) is 5. The number of nitrogens with zero attached hydrogens (tertiary/aromatic N) is 1. The van der Waals surface area contributed by atoms with Crippen LogP contribution >= 0.6 is 0 Å². The Morgan fingerprint density at radius 1 is 1.30 bits per heavy atom. The molecule has 0 bridgehead atoms. The molecule has 2 rings (SSSR count). The molecule has 0 spiro atoms. The first-order valence-electron chi connectivity index (χ1n) is 5.77. The molecule has 0 aliphatic carbocycles. The van der Waals surface area contributed by atoms with Crippen LogP contribution in [0.25, 0.3) is 0 Å². The van der Waals surface area contributed by atoms with Crippen molar-refractivity contribution in [1.29, 1.82) is 0 Å². The quantitative estimate of drug-likeness (QED) is 0.816. The van der Waals surface area contributed by atoms with Gasteiger partial charge >= 0.3 is 0 Å². The zero-order valence-electron chi connectivity index (χ0n) is 10.9. The van der Waals surface area contributed by atoms with E-state index in [2.05, 4.69) is 5.32 Å². The van der Waals surface area contributed by atoms with Crippen LogP contribution in [0, 0.1) is 5.82 Å². The minimum Gasteiger partial charge on any atom is -0.371 e. The molecule has 108 valence electrons. The minimum atomic E-state index is -3.16. The highest BCUT2D eigenvalue weighted by Crippen LogP contribution is 2.30. The van der Waals surface area contributed by atoms with Crippen molar-refractivity contribution < 1.29 is 22.4 Å². The summed E-state index contributed by atoms with van der Waals surface area (Å²) in [6.07, 6.45) is 1.10. The summed E-state index contributed by atoms with van der Waals surface area (Å²) in [5.74, 6) is -2.37. The van der Waals surface area contributed by atoms with E-state index in [4.69, 9.17) is 0 Å². The molecule has 1 amide bonds. The van der Waals surface area contributed by atoms with Gasteiger partial charge in [0.1, 0.15) is 15.7 Å². The van der Waals surface area contributed by atoms with Gasteiger partial charge in [-0.2, -0.15) is 0 Å². The number of anilines is 2. The first-order chi connectivity index (χ1) is 9.19. The Kier molecular flexibility index (Phi) is 3.51. The summed E-state index contributed by atoms with van der Waals surface area (Å²) >= 11 is 0. The maximum absolute atomic E-state index is 13.9. The van der Waals surface area contributed by atoms with Crippen LogP contribution in [-0.2, 0) is 14.6 Å². The van der Waals surface area contributed by atoms with Gasteiger partial charge in [0.15, 0.2) is 0 Å². The molecular formula is C12H13FN2O4S. The van der Waals surface area contributed by atoms with Gasteiger partial charge in [0.2, 0.25) is 0 Å². The van der Waals surface area contributed by atoms with E-state index in [0.717, 1.165) is 12.3 Å². The fraction of sp³-hybridized carbons (Fsp3) is 0.333. The van der Waals surface area contributed by atoms with Crippen molar-refractivity contribution in [3.63, 3.8) is 0 Å². The van der Waals surface area contributed by atoms with E-state index in [9.17, 15) is 22.4 Å². The smallest absolute Gasteiger partial charge is 0.296 e. The molecular weight excluding hydrogens is 287 g/mol. The number of carbonyl (C=O) groups excluding carboxylic acids is 2. The molecule has 8 heteroatoms. The van der Waals surface area contributed by atoms with Crippen LogP contribution < -0.4 is 10.2 Å². The first-order valence-corrected chi connectivity index (χ1v) is 7.83. The lowest BCUT2D eigenvalue weighted by Crippen LogP contribution is -2.25. The highest BCUT2D eigenvalue weighted by molar-refractivity contribution is 7.90. The number of rotatable bonds is 4. The van der Waals surface area contributed by atoms with Crippen molar-refractivity contribution in [3.8, 4) is 0 Å². The number of amides is 1. The number of hydrogen-bond donors (Lipinski definition) is 1.